The Morgan fingerprint density at radius 1 is 1.06 bits per heavy atom. The van der Waals surface area contributed by atoms with Crippen molar-refractivity contribution in [3.8, 4) is 0 Å². The summed E-state index contributed by atoms with van der Waals surface area (Å²) in [6.07, 6.45) is 6.80. The van der Waals surface area contributed by atoms with E-state index in [1.54, 1.807) is 11.1 Å². The van der Waals surface area contributed by atoms with Gasteiger partial charge in [-0.2, -0.15) is 0 Å². The van der Waals surface area contributed by atoms with E-state index in [0.717, 1.165) is 5.92 Å². The Morgan fingerprint density at radius 3 is 2.61 bits per heavy atom. The maximum absolute atomic E-state index is 2.62. The molecule has 0 saturated heterocycles. The lowest BCUT2D eigenvalue weighted by Crippen LogP contribution is -2.31. The van der Waals surface area contributed by atoms with Gasteiger partial charge in [0.2, 0.25) is 0 Å². The molecule has 0 unspecified atom stereocenters. The van der Waals surface area contributed by atoms with Crippen LogP contribution < -0.4 is 0 Å². The van der Waals surface area contributed by atoms with Crippen molar-refractivity contribution in [2.24, 2.45) is 5.92 Å². The molecular weight excluding hydrogens is 218 g/mol. The molecule has 0 radical (unpaired) electrons. The molecule has 2 rings (SSSR count). The van der Waals surface area contributed by atoms with Crippen LogP contribution in [0.3, 0.4) is 0 Å². The molecule has 18 heavy (non-hydrogen) atoms. The highest BCUT2D eigenvalue weighted by atomic mass is 15.1. The van der Waals surface area contributed by atoms with Crippen molar-refractivity contribution in [3.63, 3.8) is 0 Å². The first-order chi connectivity index (χ1) is 8.75. The zero-order valence-corrected chi connectivity index (χ0v) is 12.0. The van der Waals surface area contributed by atoms with Crippen LogP contribution in [0.5, 0.6) is 0 Å². The molecule has 0 atom stereocenters. The quantitative estimate of drug-likeness (QED) is 0.677. The Hall–Kier alpha value is -0.820. The fourth-order valence-electron chi connectivity index (χ4n) is 2.81. The van der Waals surface area contributed by atoms with Crippen LogP contribution in [0.1, 0.15) is 50.7 Å². The van der Waals surface area contributed by atoms with Gasteiger partial charge in [-0.1, -0.05) is 57.4 Å². The Labute approximate surface area is 112 Å². The first kappa shape index (κ1) is 13.6. The Kier molecular flexibility index (Phi) is 5.25. The molecule has 0 bridgehead atoms. The third-order valence-corrected chi connectivity index (χ3v) is 3.97. The molecule has 1 aromatic carbocycles. The van der Waals surface area contributed by atoms with Gasteiger partial charge < -0.3 is 0 Å². The smallest absolute Gasteiger partial charge is 0.0236 e. The number of unbranched alkanes of at least 4 members (excludes halogenated alkanes) is 2. The lowest BCUT2D eigenvalue weighted by Gasteiger charge is -2.28. The van der Waals surface area contributed by atoms with E-state index < -0.39 is 0 Å². The minimum absolute atomic E-state index is 0.867. The summed E-state index contributed by atoms with van der Waals surface area (Å²) in [5.41, 5.74) is 3.11. The van der Waals surface area contributed by atoms with Gasteiger partial charge in [-0.05, 0) is 36.4 Å². The van der Waals surface area contributed by atoms with Crippen LogP contribution >= 0.6 is 0 Å². The van der Waals surface area contributed by atoms with Gasteiger partial charge in [0, 0.05) is 13.1 Å². The Morgan fingerprint density at radius 2 is 1.83 bits per heavy atom. The predicted molar refractivity (Wildman–Crippen MR) is 78.7 cm³/mol. The SMILES string of the molecule is CC(C)CCCCCN1CCc2ccccc2C1. The molecule has 1 heteroatoms. The third-order valence-electron chi connectivity index (χ3n) is 3.97. The first-order valence-electron chi connectivity index (χ1n) is 7.55. The topological polar surface area (TPSA) is 3.24 Å². The number of nitrogens with zero attached hydrogens (tertiary/aromatic N) is 1. The minimum Gasteiger partial charge on any atom is -0.299 e. The summed E-state index contributed by atoms with van der Waals surface area (Å²) in [6, 6.07) is 8.92. The zero-order chi connectivity index (χ0) is 12.8. The molecular formula is C17H27N. The van der Waals surface area contributed by atoms with Crippen LogP contribution in [-0.2, 0) is 13.0 Å². The second kappa shape index (κ2) is 6.94. The van der Waals surface area contributed by atoms with E-state index in [-0.39, 0.29) is 0 Å². The third kappa shape index (κ3) is 4.13. The van der Waals surface area contributed by atoms with Gasteiger partial charge >= 0.3 is 0 Å². The van der Waals surface area contributed by atoms with Crippen molar-refractivity contribution in [2.45, 2.75) is 52.5 Å². The molecule has 0 saturated carbocycles. The second-order valence-electron chi connectivity index (χ2n) is 6.04. The maximum atomic E-state index is 2.62. The molecule has 1 aliphatic rings. The van der Waals surface area contributed by atoms with Crippen molar-refractivity contribution in [1.82, 2.24) is 4.90 Å². The number of benzene rings is 1. The van der Waals surface area contributed by atoms with E-state index in [0.29, 0.717) is 0 Å². The molecule has 0 spiro atoms. The molecule has 0 aliphatic carbocycles. The number of hydrogen-bond donors (Lipinski definition) is 0. The van der Waals surface area contributed by atoms with E-state index in [1.807, 2.05) is 0 Å². The summed E-state index contributed by atoms with van der Waals surface area (Å²) in [6.45, 7) is 8.34. The van der Waals surface area contributed by atoms with Crippen molar-refractivity contribution >= 4 is 0 Å². The molecule has 1 heterocycles. The van der Waals surface area contributed by atoms with Crippen molar-refractivity contribution in [3.05, 3.63) is 35.4 Å². The van der Waals surface area contributed by atoms with Crippen LogP contribution in [0.15, 0.2) is 24.3 Å². The van der Waals surface area contributed by atoms with E-state index in [4.69, 9.17) is 0 Å². The van der Waals surface area contributed by atoms with Gasteiger partial charge in [0.05, 0.1) is 0 Å². The van der Waals surface area contributed by atoms with E-state index >= 15 is 0 Å². The molecule has 1 aliphatic heterocycles. The zero-order valence-electron chi connectivity index (χ0n) is 12.0. The number of fused-ring (bicyclic) bond motifs is 1. The summed E-state index contributed by atoms with van der Waals surface area (Å²) in [5, 5.41) is 0. The average Bonchev–Trinajstić information content (AvgIpc) is 2.38. The second-order valence-corrected chi connectivity index (χ2v) is 6.04. The Bertz CT molecular complexity index is 356. The minimum atomic E-state index is 0.867. The molecule has 1 nitrogen and oxygen atoms in total. The summed E-state index contributed by atoms with van der Waals surface area (Å²) in [4.78, 5) is 2.62. The lowest BCUT2D eigenvalue weighted by molar-refractivity contribution is 0.247. The van der Waals surface area contributed by atoms with E-state index in [9.17, 15) is 0 Å². The van der Waals surface area contributed by atoms with Gasteiger partial charge in [0.1, 0.15) is 0 Å². The molecule has 0 N–H and O–H groups in total. The standard InChI is InChI=1S/C17H27N/c1-15(2)8-4-3-7-12-18-13-11-16-9-5-6-10-17(16)14-18/h5-6,9-10,15H,3-4,7-8,11-14H2,1-2H3. The first-order valence-corrected chi connectivity index (χ1v) is 7.55. The van der Waals surface area contributed by atoms with Crippen molar-refractivity contribution in [1.29, 1.82) is 0 Å². The van der Waals surface area contributed by atoms with E-state index in [2.05, 4.69) is 43.0 Å². The average molecular weight is 245 g/mol. The van der Waals surface area contributed by atoms with Gasteiger partial charge in [-0.3, -0.25) is 4.90 Å². The van der Waals surface area contributed by atoms with Gasteiger partial charge in [-0.15, -0.1) is 0 Å². The van der Waals surface area contributed by atoms with Crippen molar-refractivity contribution in [2.75, 3.05) is 13.1 Å². The molecule has 0 fully saturated rings. The van der Waals surface area contributed by atoms with Crippen LogP contribution in [0, 0.1) is 5.92 Å². The number of rotatable bonds is 6. The molecule has 0 amide bonds. The van der Waals surface area contributed by atoms with Crippen LogP contribution in [0.25, 0.3) is 0 Å². The summed E-state index contributed by atoms with van der Waals surface area (Å²) in [7, 11) is 0. The normalized spacial score (nSPS) is 15.9. The largest absolute Gasteiger partial charge is 0.299 e. The van der Waals surface area contributed by atoms with E-state index in [1.165, 1.54) is 51.7 Å². The predicted octanol–water partition coefficient (Wildman–Crippen LogP) is 4.26. The summed E-state index contributed by atoms with van der Waals surface area (Å²) in [5.74, 6) is 0.867. The van der Waals surface area contributed by atoms with Gasteiger partial charge in [-0.25, -0.2) is 0 Å². The maximum Gasteiger partial charge on any atom is 0.0236 e. The molecule has 1 aromatic rings. The van der Waals surface area contributed by atoms with Gasteiger partial charge in [0.25, 0.3) is 0 Å². The summed E-state index contributed by atoms with van der Waals surface area (Å²) >= 11 is 0. The number of hydrogen-bond acceptors (Lipinski definition) is 1. The van der Waals surface area contributed by atoms with Gasteiger partial charge in [0.15, 0.2) is 0 Å². The Balaban J connectivity index is 1.67. The highest BCUT2D eigenvalue weighted by molar-refractivity contribution is 5.28. The van der Waals surface area contributed by atoms with Crippen LogP contribution in [0.4, 0.5) is 0 Å². The fraction of sp³-hybridized carbons (Fsp3) is 0.647. The highest BCUT2D eigenvalue weighted by Crippen LogP contribution is 2.19. The lowest BCUT2D eigenvalue weighted by atomic mass is 9.99. The fourth-order valence-corrected chi connectivity index (χ4v) is 2.81. The van der Waals surface area contributed by atoms with Crippen molar-refractivity contribution < 1.29 is 0 Å². The highest BCUT2D eigenvalue weighted by Gasteiger charge is 2.14. The van der Waals surface area contributed by atoms with Crippen LogP contribution in [0.2, 0.25) is 0 Å². The summed E-state index contributed by atoms with van der Waals surface area (Å²) < 4.78 is 0. The molecule has 100 valence electrons. The monoisotopic (exact) mass is 245 g/mol. The van der Waals surface area contributed by atoms with Crippen LogP contribution in [-0.4, -0.2) is 18.0 Å². The molecule has 0 aromatic heterocycles.